The zero-order valence-corrected chi connectivity index (χ0v) is 53.1. The molecule has 20 rings (SSSR count). The predicted octanol–water partition coefficient (Wildman–Crippen LogP) is 24.0. The van der Waals surface area contributed by atoms with Crippen LogP contribution in [0, 0.1) is 11.3 Å². The summed E-state index contributed by atoms with van der Waals surface area (Å²) in [7, 11) is 0. The fourth-order valence-corrected chi connectivity index (χ4v) is 17.3. The lowest BCUT2D eigenvalue weighted by Crippen LogP contribution is -2.16. The average molecular weight is 1250 g/mol. The monoisotopic (exact) mass is 1250 g/mol. The van der Waals surface area contributed by atoms with E-state index in [1.807, 2.05) is 12.4 Å². The Morgan fingerprint density at radius 2 is 0.598 bits per heavy atom. The molecule has 20 aromatic rings. The molecule has 0 unspecified atom stereocenters. The Kier molecular flexibility index (Phi) is 12.2. The van der Waals surface area contributed by atoms with Crippen LogP contribution in [-0.4, -0.2) is 23.3 Å². The maximum Gasteiger partial charge on any atom is 0.104 e. The van der Waals surface area contributed by atoms with Crippen LogP contribution in [-0.2, 0) is 0 Å². The lowest BCUT2D eigenvalue weighted by Gasteiger charge is -2.29. The van der Waals surface area contributed by atoms with E-state index in [9.17, 15) is 5.26 Å². The summed E-state index contributed by atoms with van der Waals surface area (Å²) >= 11 is 1.79. The van der Waals surface area contributed by atoms with Gasteiger partial charge in [0.15, 0.2) is 0 Å². The predicted molar refractivity (Wildman–Crippen MR) is 406 cm³/mol. The van der Waals surface area contributed by atoms with Crippen molar-refractivity contribution in [1.29, 1.82) is 5.26 Å². The lowest BCUT2D eigenvalue weighted by atomic mass is 9.92. The first-order valence-electron chi connectivity index (χ1n) is 32.9. The summed E-state index contributed by atoms with van der Waals surface area (Å²) in [6.45, 7) is 0. The van der Waals surface area contributed by atoms with Gasteiger partial charge in [-0.2, -0.15) is 5.26 Å². The number of para-hydroxylation sites is 4. The molecule has 6 nitrogen and oxygen atoms in total. The molecule has 0 amide bonds. The molecule has 0 atom stereocenters. The Balaban J connectivity index is 1.11. The molecule has 0 bridgehead atoms. The van der Waals surface area contributed by atoms with E-state index < -0.39 is 0 Å². The van der Waals surface area contributed by atoms with Crippen LogP contribution >= 0.6 is 11.3 Å². The molecule has 0 N–H and O–H groups in total. The van der Waals surface area contributed by atoms with E-state index in [2.05, 4.69) is 340 Å². The number of nitriles is 1. The van der Waals surface area contributed by atoms with Crippen molar-refractivity contribution in [2.75, 3.05) is 0 Å². The minimum Gasteiger partial charge on any atom is -0.306 e. The molecule has 0 saturated carbocycles. The average Bonchev–Trinajstić information content (AvgIpc) is 1.58. The van der Waals surface area contributed by atoms with Crippen LogP contribution in [0.2, 0.25) is 0 Å². The van der Waals surface area contributed by atoms with E-state index >= 15 is 0 Å². The second kappa shape index (κ2) is 21.6. The smallest absolute Gasteiger partial charge is 0.104 e. The van der Waals surface area contributed by atoms with Crippen LogP contribution in [0.25, 0.3) is 186 Å². The van der Waals surface area contributed by atoms with Gasteiger partial charge in [0.2, 0.25) is 0 Å². The SMILES string of the molecule is N#Cc1c(-n2c3ccccc3c3c(-c4ccccc4)cccc32)c(-n2c3ccccc3c3c(-c4ccccc4)cccc32)c(-c2ccc3c(c2)sc2ccncc23)c(-n2c3ccccc3c3c(-c4ccccc4)cccc32)c1-n1c2ccccc2c2c(-c3ccccc3)cccc21. The van der Waals surface area contributed by atoms with Gasteiger partial charge in [-0.1, -0.05) is 255 Å². The van der Waals surface area contributed by atoms with E-state index in [1.54, 1.807) is 11.3 Å². The van der Waals surface area contributed by atoms with Gasteiger partial charge in [-0.05, 0) is 111 Å². The Bertz CT molecular complexity index is 6340. The maximum atomic E-state index is 13.6. The van der Waals surface area contributed by atoms with E-state index in [1.165, 1.54) is 0 Å². The van der Waals surface area contributed by atoms with E-state index in [4.69, 9.17) is 4.98 Å². The summed E-state index contributed by atoms with van der Waals surface area (Å²) in [6.07, 6.45) is 3.90. The highest BCUT2D eigenvalue weighted by Crippen LogP contribution is 2.55. The first-order chi connectivity index (χ1) is 48.2. The third-order valence-corrected chi connectivity index (χ3v) is 21.2. The molecule has 450 valence electrons. The van der Waals surface area contributed by atoms with Crippen molar-refractivity contribution in [3.05, 3.63) is 333 Å². The summed E-state index contributed by atoms with van der Waals surface area (Å²) in [5, 5.41) is 24.6. The van der Waals surface area contributed by atoms with Crippen LogP contribution in [0.4, 0.5) is 0 Å². The van der Waals surface area contributed by atoms with Crippen molar-refractivity contribution in [2.45, 2.75) is 0 Å². The number of rotatable bonds is 9. The Morgan fingerprint density at radius 1 is 0.268 bits per heavy atom. The first kappa shape index (κ1) is 54.7. The van der Waals surface area contributed by atoms with Gasteiger partial charge in [-0.25, -0.2) is 0 Å². The summed E-state index contributed by atoms with van der Waals surface area (Å²) < 4.78 is 12.2. The number of pyridine rings is 1. The summed E-state index contributed by atoms with van der Waals surface area (Å²) in [5.41, 5.74) is 22.4. The number of thiophene rings is 1. The fraction of sp³-hybridized carbons (Fsp3) is 0. The molecule has 0 aliphatic heterocycles. The molecular weight excluding hydrogens is 1200 g/mol. The lowest BCUT2D eigenvalue weighted by molar-refractivity contribution is 1.04. The van der Waals surface area contributed by atoms with Gasteiger partial charge >= 0.3 is 0 Å². The van der Waals surface area contributed by atoms with Crippen LogP contribution < -0.4 is 0 Å². The number of hydrogen-bond acceptors (Lipinski definition) is 3. The standard InChI is InChI=1S/C90H54N6S/c91-54-70-87(93-72-41-17-13-33-66(72)83-61(37-21-45-76(83)93)56-25-5-1-6-26-56)89(95-74-43-19-15-35-68(74)85-63(39-23-47-78(85)95)58-29-9-3-10-30-58)82(60-49-50-65-71-55-92-52-51-80(71)97-81(65)53-60)90(96-75-44-20-16-36-69(75)86-64(40-24-48-79(86)96)59-31-11-4-12-32-59)88(70)94-73-42-18-14-34-67(73)84-62(38-22-46-77(84)94)57-27-7-2-8-28-57/h1-53,55H. The van der Waals surface area contributed by atoms with Crippen molar-refractivity contribution in [3.63, 3.8) is 0 Å². The van der Waals surface area contributed by atoms with Crippen molar-refractivity contribution >= 4 is 119 Å². The highest BCUT2D eigenvalue weighted by Gasteiger charge is 2.36. The Labute approximate surface area is 561 Å². The van der Waals surface area contributed by atoms with E-state index in [0.717, 1.165) is 186 Å². The minimum atomic E-state index is 0.499. The van der Waals surface area contributed by atoms with Gasteiger partial charge in [0.05, 0.1) is 66.9 Å². The third kappa shape index (κ3) is 8.03. The van der Waals surface area contributed by atoms with Gasteiger partial charge in [0.1, 0.15) is 11.6 Å². The number of benzene rings is 14. The Hall–Kier alpha value is -12.9. The number of hydrogen-bond donors (Lipinski definition) is 0. The molecule has 0 spiro atoms. The number of fused-ring (bicyclic) bond motifs is 15. The number of aromatic nitrogens is 5. The van der Waals surface area contributed by atoms with Crippen LogP contribution in [0.1, 0.15) is 5.56 Å². The van der Waals surface area contributed by atoms with Crippen LogP contribution in [0.15, 0.2) is 328 Å². The fourth-order valence-electron chi connectivity index (χ4n) is 16.2. The third-order valence-electron chi connectivity index (χ3n) is 20.1. The van der Waals surface area contributed by atoms with E-state index in [-0.39, 0.29) is 0 Å². The quantitative estimate of drug-likeness (QED) is 0.145. The first-order valence-corrected chi connectivity index (χ1v) is 33.7. The van der Waals surface area contributed by atoms with Gasteiger partial charge in [0, 0.05) is 81.2 Å². The van der Waals surface area contributed by atoms with E-state index in [0.29, 0.717) is 5.56 Å². The molecule has 97 heavy (non-hydrogen) atoms. The minimum absolute atomic E-state index is 0.499. The van der Waals surface area contributed by atoms with Crippen molar-refractivity contribution in [2.24, 2.45) is 0 Å². The van der Waals surface area contributed by atoms with Gasteiger partial charge < -0.3 is 18.3 Å². The summed E-state index contributed by atoms with van der Waals surface area (Å²) in [4.78, 5) is 4.70. The Morgan fingerprint density at radius 3 is 0.959 bits per heavy atom. The van der Waals surface area contributed by atoms with Crippen molar-refractivity contribution < 1.29 is 0 Å². The zero-order chi connectivity index (χ0) is 63.8. The van der Waals surface area contributed by atoms with Crippen molar-refractivity contribution in [1.82, 2.24) is 23.3 Å². The zero-order valence-electron chi connectivity index (χ0n) is 52.3. The second-order valence-electron chi connectivity index (χ2n) is 25.1. The molecule has 14 aromatic carbocycles. The number of nitrogens with zero attached hydrogens (tertiary/aromatic N) is 6. The highest BCUT2D eigenvalue weighted by molar-refractivity contribution is 7.25. The normalized spacial score (nSPS) is 11.9. The maximum absolute atomic E-state index is 13.6. The molecule has 0 radical (unpaired) electrons. The molecule has 0 saturated heterocycles. The molecule has 7 heteroatoms. The summed E-state index contributed by atoms with van der Waals surface area (Å²) in [5.74, 6) is 0. The summed E-state index contributed by atoms with van der Waals surface area (Å²) in [6, 6.07) is 118. The van der Waals surface area contributed by atoms with Gasteiger partial charge in [0.25, 0.3) is 0 Å². The van der Waals surface area contributed by atoms with Crippen LogP contribution in [0.3, 0.4) is 0 Å². The molecule has 6 aromatic heterocycles. The molecule has 6 heterocycles. The highest BCUT2D eigenvalue weighted by atomic mass is 32.1. The molecular formula is C90H54N6S. The molecule has 0 aliphatic carbocycles. The van der Waals surface area contributed by atoms with Gasteiger partial charge in [-0.3, -0.25) is 4.98 Å². The van der Waals surface area contributed by atoms with Gasteiger partial charge in [-0.15, -0.1) is 11.3 Å². The molecule has 0 aliphatic rings. The second-order valence-corrected chi connectivity index (χ2v) is 26.2. The molecule has 0 fully saturated rings. The topological polar surface area (TPSA) is 56.4 Å². The van der Waals surface area contributed by atoms with Crippen molar-refractivity contribution in [3.8, 4) is 84.5 Å². The van der Waals surface area contributed by atoms with Crippen LogP contribution in [0.5, 0.6) is 0 Å². The largest absolute Gasteiger partial charge is 0.306 e.